The summed E-state index contributed by atoms with van der Waals surface area (Å²) in [6, 6.07) is 30.2. The van der Waals surface area contributed by atoms with E-state index < -0.39 is 0 Å². The Bertz CT molecular complexity index is 1770. The molecule has 0 unspecified atom stereocenters. The molecule has 2 atom stereocenters. The fourth-order valence-corrected chi connectivity index (χ4v) is 6.22. The first-order valence-corrected chi connectivity index (χ1v) is 14.3. The molecule has 2 aromatic heterocycles. The van der Waals surface area contributed by atoms with Gasteiger partial charge in [0.1, 0.15) is 11.5 Å². The van der Waals surface area contributed by atoms with Gasteiger partial charge in [0.05, 0.1) is 17.8 Å². The smallest absolute Gasteiger partial charge is 0.231 e. The van der Waals surface area contributed by atoms with Crippen molar-refractivity contribution in [2.45, 2.75) is 32.9 Å². The number of pyridine rings is 1. The SMILES string of the molecule is Cc1ccc(Oc2ccc(N3C(=S)N[C@@H](c4ccccn4)[C@H]3c3cc(C)n(-c4ccc5c(c4)OCO5)c3C)cc2)cc1. The van der Waals surface area contributed by atoms with Crippen molar-refractivity contribution in [1.82, 2.24) is 14.9 Å². The topological polar surface area (TPSA) is 60.8 Å². The van der Waals surface area contributed by atoms with Gasteiger partial charge in [-0.1, -0.05) is 23.8 Å². The van der Waals surface area contributed by atoms with Gasteiger partial charge in [0.25, 0.3) is 0 Å². The molecule has 7 rings (SSSR count). The first-order valence-electron chi connectivity index (χ1n) is 13.9. The number of thiocarbonyl (C=S) groups is 1. The number of aryl methyl sites for hydroxylation is 2. The molecule has 2 aliphatic heterocycles. The fraction of sp³-hybridized carbons (Fsp3) is 0.176. The summed E-state index contributed by atoms with van der Waals surface area (Å²) in [7, 11) is 0. The molecule has 1 N–H and O–H groups in total. The van der Waals surface area contributed by atoms with Crippen LogP contribution in [0, 0.1) is 20.8 Å². The second-order valence-electron chi connectivity index (χ2n) is 10.6. The fourth-order valence-electron chi connectivity index (χ4n) is 5.87. The number of fused-ring (bicyclic) bond motifs is 1. The van der Waals surface area contributed by atoms with Crippen LogP contribution in [0.1, 0.15) is 40.3 Å². The molecule has 7 nitrogen and oxygen atoms in total. The number of nitrogens with one attached hydrogen (secondary N) is 1. The molecule has 5 aromatic rings. The minimum absolute atomic E-state index is 0.134. The molecular weight excluding hydrogens is 544 g/mol. The summed E-state index contributed by atoms with van der Waals surface area (Å²) in [6.45, 7) is 6.58. The molecule has 8 heteroatoms. The Morgan fingerprint density at radius 3 is 2.29 bits per heavy atom. The van der Waals surface area contributed by atoms with Crippen LogP contribution < -0.4 is 24.4 Å². The van der Waals surface area contributed by atoms with Gasteiger partial charge in [-0.15, -0.1) is 0 Å². The molecule has 0 bridgehead atoms. The van der Waals surface area contributed by atoms with Crippen LogP contribution >= 0.6 is 12.2 Å². The van der Waals surface area contributed by atoms with Crippen LogP contribution in [0.4, 0.5) is 5.69 Å². The van der Waals surface area contributed by atoms with Crippen LogP contribution in [0.2, 0.25) is 0 Å². The van der Waals surface area contributed by atoms with E-state index in [1.165, 1.54) is 5.56 Å². The third-order valence-electron chi connectivity index (χ3n) is 7.87. The van der Waals surface area contributed by atoms with Crippen LogP contribution in [-0.4, -0.2) is 21.5 Å². The van der Waals surface area contributed by atoms with Gasteiger partial charge in [-0.25, -0.2) is 0 Å². The zero-order chi connectivity index (χ0) is 28.8. The van der Waals surface area contributed by atoms with E-state index in [0.29, 0.717) is 5.11 Å². The predicted molar refractivity (Wildman–Crippen MR) is 167 cm³/mol. The third-order valence-corrected chi connectivity index (χ3v) is 8.19. The summed E-state index contributed by atoms with van der Waals surface area (Å²) in [5.41, 5.74) is 7.51. The number of hydrogen-bond donors (Lipinski definition) is 1. The van der Waals surface area contributed by atoms with Crippen LogP contribution in [0.15, 0.2) is 97.2 Å². The average Bonchev–Trinajstić information content (AvgIpc) is 3.69. The molecule has 0 amide bonds. The minimum atomic E-state index is -0.145. The summed E-state index contributed by atoms with van der Waals surface area (Å²) in [5, 5.41) is 4.22. The van der Waals surface area contributed by atoms with Crippen molar-refractivity contribution in [2.24, 2.45) is 0 Å². The van der Waals surface area contributed by atoms with E-state index >= 15 is 0 Å². The molecule has 1 saturated heterocycles. The molecule has 0 aliphatic carbocycles. The number of hydrogen-bond acceptors (Lipinski definition) is 5. The largest absolute Gasteiger partial charge is 0.457 e. The monoisotopic (exact) mass is 574 g/mol. The maximum absolute atomic E-state index is 6.10. The van der Waals surface area contributed by atoms with Crippen molar-refractivity contribution in [3.05, 3.63) is 125 Å². The van der Waals surface area contributed by atoms with Crippen LogP contribution in [0.3, 0.4) is 0 Å². The third kappa shape index (κ3) is 4.63. The van der Waals surface area contributed by atoms with E-state index in [2.05, 4.69) is 59.8 Å². The lowest BCUT2D eigenvalue weighted by atomic mass is 9.96. The van der Waals surface area contributed by atoms with Crippen molar-refractivity contribution >= 4 is 23.0 Å². The number of anilines is 1. The Balaban J connectivity index is 1.28. The van der Waals surface area contributed by atoms with Gasteiger partial charge < -0.3 is 29.0 Å². The number of benzene rings is 3. The Morgan fingerprint density at radius 2 is 1.55 bits per heavy atom. The van der Waals surface area contributed by atoms with E-state index in [1.54, 1.807) is 0 Å². The summed E-state index contributed by atoms with van der Waals surface area (Å²) < 4.78 is 19.6. The lowest BCUT2D eigenvalue weighted by Gasteiger charge is -2.28. The molecule has 2 aliphatic rings. The van der Waals surface area contributed by atoms with E-state index in [9.17, 15) is 0 Å². The molecule has 0 saturated carbocycles. The summed E-state index contributed by atoms with van der Waals surface area (Å²) in [4.78, 5) is 6.91. The summed E-state index contributed by atoms with van der Waals surface area (Å²) >= 11 is 5.98. The van der Waals surface area contributed by atoms with Crippen molar-refractivity contribution in [3.8, 4) is 28.7 Å². The van der Waals surface area contributed by atoms with Gasteiger partial charge in [-0.2, -0.15) is 0 Å². The predicted octanol–water partition coefficient (Wildman–Crippen LogP) is 7.50. The van der Waals surface area contributed by atoms with Crippen LogP contribution in [0.5, 0.6) is 23.0 Å². The molecule has 3 aromatic carbocycles. The minimum Gasteiger partial charge on any atom is -0.457 e. The quantitative estimate of drug-likeness (QED) is 0.211. The molecular formula is C34H30N4O3S. The highest BCUT2D eigenvalue weighted by Crippen LogP contribution is 2.44. The van der Waals surface area contributed by atoms with E-state index in [0.717, 1.165) is 57.0 Å². The van der Waals surface area contributed by atoms with E-state index in [1.807, 2.05) is 72.9 Å². The molecule has 4 heterocycles. The number of ether oxygens (including phenoxy) is 3. The standard InChI is InChI=1S/C34H30N4O3S/c1-21-7-12-26(13-8-21)41-27-14-9-24(10-15-27)38-33(32(36-34(38)42)29-6-4-5-17-35-29)28-18-22(2)37(23(28)3)25-11-16-30-31(19-25)40-20-39-30/h4-19,32-33H,20H2,1-3H3,(H,36,42)/t32-,33+/m0/s1. The van der Waals surface area contributed by atoms with E-state index in [-0.39, 0.29) is 18.9 Å². The second kappa shape index (κ2) is 10.5. The van der Waals surface area contributed by atoms with E-state index in [4.69, 9.17) is 31.4 Å². The Kier molecular flexibility index (Phi) is 6.55. The highest BCUT2D eigenvalue weighted by atomic mass is 32.1. The van der Waals surface area contributed by atoms with Gasteiger partial charge in [0.2, 0.25) is 6.79 Å². The van der Waals surface area contributed by atoms with Gasteiger partial charge in [0.15, 0.2) is 16.6 Å². The lowest BCUT2D eigenvalue weighted by Crippen LogP contribution is -2.29. The van der Waals surface area contributed by atoms with Crippen LogP contribution in [-0.2, 0) is 0 Å². The molecule has 42 heavy (non-hydrogen) atoms. The van der Waals surface area contributed by atoms with Gasteiger partial charge in [-0.05, 0) is 105 Å². The average molecular weight is 575 g/mol. The number of aromatic nitrogens is 2. The Hall–Kier alpha value is -4.82. The number of rotatable bonds is 6. The number of nitrogens with zero attached hydrogens (tertiary/aromatic N) is 3. The summed E-state index contributed by atoms with van der Waals surface area (Å²) in [5.74, 6) is 3.09. The maximum Gasteiger partial charge on any atom is 0.231 e. The molecule has 1 fully saturated rings. The lowest BCUT2D eigenvalue weighted by molar-refractivity contribution is 0.174. The summed E-state index contributed by atoms with van der Waals surface area (Å²) in [6.07, 6.45) is 1.83. The van der Waals surface area contributed by atoms with Gasteiger partial charge in [-0.3, -0.25) is 4.98 Å². The van der Waals surface area contributed by atoms with Crippen molar-refractivity contribution in [3.63, 3.8) is 0 Å². The molecule has 0 spiro atoms. The maximum atomic E-state index is 6.10. The zero-order valence-corrected chi connectivity index (χ0v) is 24.4. The van der Waals surface area contributed by atoms with Gasteiger partial charge in [0, 0.05) is 35.0 Å². The van der Waals surface area contributed by atoms with Crippen LogP contribution in [0.25, 0.3) is 5.69 Å². The highest BCUT2D eigenvalue weighted by molar-refractivity contribution is 7.80. The van der Waals surface area contributed by atoms with Crippen molar-refractivity contribution in [1.29, 1.82) is 0 Å². The first kappa shape index (κ1) is 26.1. The van der Waals surface area contributed by atoms with Gasteiger partial charge >= 0.3 is 0 Å². The normalized spacial score (nSPS) is 17.4. The molecule has 0 radical (unpaired) electrons. The molecule has 210 valence electrons. The Labute approximate surface area is 250 Å². The Morgan fingerprint density at radius 1 is 0.833 bits per heavy atom. The first-order chi connectivity index (χ1) is 20.5. The van der Waals surface area contributed by atoms with Crippen molar-refractivity contribution in [2.75, 3.05) is 11.7 Å². The highest BCUT2D eigenvalue weighted by Gasteiger charge is 2.42. The van der Waals surface area contributed by atoms with Crippen molar-refractivity contribution < 1.29 is 14.2 Å². The zero-order valence-electron chi connectivity index (χ0n) is 23.6. The second-order valence-corrected chi connectivity index (χ2v) is 11.0.